The van der Waals surface area contributed by atoms with Crippen LogP contribution in [0.2, 0.25) is 58.9 Å². The molecule has 0 saturated carbocycles. The minimum Gasteiger partial charge on any atom is -0.423 e. The van der Waals surface area contributed by atoms with Crippen molar-refractivity contribution in [1.29, 1.82) is 0 Å². The second-order valence-corrected chi connectivity index (χ2v) is 47.8. The summed E-state index contributed by atoms with van der Waals surface area (Å²) in [7, 11) is -2.72. The van der Waals surface area contributed by atoms with E-state index in [1.54, 1.807) is 0 Å². The molecule has 0 atom stereocenters. The van der Waals surface area contributed by atoms with Gasteiger partial charge in [-0.1, -0.05) is 45.8 Å². The molecule has 0 spiro atoms. The van der Waals surface area contributed by atoms with Crippen molar-refractivity contribution in [2.75, 3.05) is 7.11 Å². The monoisotopic (exact) mass is 278 g/mol. The van der Waals surface area contributed by atoms with Crippen molar-refractivity contribution in [3.05, 3.63) is 0 Å². The Bertz CT molecular complexity index is 228. The lowest BCUT2D eigenvalue weighted by Gasteiger charge is -2.52. The van der Waals surface area contributed by atoms with Gasteiger partial charge in [-0.25, -0.2) is 0 Å². The number of rotatable bonds is 4. The van der Waals surface area contributed by atoms with Crippen LogP contribution in [0, 0.1) is 0 Å². The highest BCUT2D eigenvalue weighted by Crippen LogP contribution is 2.35. The van der Waals surface area contributed by atoms with Crippen LogP contribution in [-0.2, 0) is 4.43 Å². The Kier molecular flexibility index (Phi) is 4.48. The Morgan fingerprint density at radius 3 is 1.13 bits per heavy atom. The number of hydrogen-bond acceptors (Lipinski definition) is 1. The van der Waals surface area contributed by atoms with Gasteiger partial charge in [0.2, 0.25) is 0 Å². The molecule has 0 amide bonds. The smallest absolute Gasteiger partial charge is 0.170 e. The van der Waals surface area contributed by atoms with Gasteiger partial charge in [0.15, 0.2) is 7.83 Å². The fraction of sp³-hybridized carbons (Fsp3) is 1.00. The van der Waals surface area contributed by atoms with E-state index >= 15 is 0 Å². The third-order valence-electron chi connectivity index (χ3n) is 5.45. The molecule has 92 valence electrons. The first-order chi connectivity index (χ1) is 6.31. The summed E-state index contributed by atoms with van der Waals surface area (Å²) in [6.07, 6.45) is 0. The molecule has 15 heavy (non-hydrogen) atoms. The van der Waals surface area contributed by atoms with Gasteiger partial charge in [-0.2, -0.15) is 0 Å². The van der Waals surface area contributed by atoms with Crippen LogP contribution in [0.3, 0.4) is 0 Å². The van der Waals surface area contributed by atoms with Crippen molar-refractivity contribution < 1.29 is 4.43 Å². The minimum atomic E-state index is -1.41. The van der Waals surface area contributed by atoms with Gasteiger partial charge in [0.05, 0.1) is 7.11 Å². The predicted octanol–water partition coefficient (Wildman–Crippen LogP) is 3.83. The molecule has 1 nitrogen and oxygen atoms in total. The van der Waals surface area contributed by atoms with Gasteiger partial charge in [-0.15, -0.1) is 0 Å². The summed E-state index contributed by atoms with van der Waals surface area (Å²) in [6, 6.07) is 0. The first-order valence-electron chi connectivity index (χ1n) is 5.86. The summed E-state index contributed by atoms with van der Waals surface area (Å²) in [5.41, 5.74) is 0. The minimum absolute atomic E-state index is 0.991. The fourth-order valence-electron chi connectivity index (χ4n) is 1.95. The van der Waals surface area contributed by atoms with Crippen molar-refractivity contribution in [2.45, 2.75) is 58.9 Å². The van der Waals surface area contributed by atoms with Crippen LogP contribution >= 0.6 is 0 Å². The zero-order chi connectivity index (χ0) is 12.7. The first kappa shape index (κ1) is 15.8. The molecule has 0 unspecified atom stereocenters. The predicted molar refractivity (Wildman–Crippen MR) is 82.8 cm³/mol. The standard InChI is InChI=1S/C10H30OSi4/c1-11-13(5,6)15(9,10)14(7,8)12(2,3)4/h1-10H3. The van der Waals surface area contributed by atoms with Crippen LogP contribution in [-0.4, -0.2) is 36.8 Å². The van der Waals surface area contributed by atoms with Crippen molar-refractivity contribution in [2.24, 2.45) is 0 Å². The molecule has 5 heteroatoms. The third kappa shape index (κ3) is 2.57. The highest BCUT2D eigenvalue weighted by Gasteiger charge is 2.58. The lowest BCUT2D eigenvalue weighted by atomic mass is 11.8. The third-order valence-corrected chi connectivity index (χ3v) is 72.3. The molecule has 0 rings (SSSR count). The summed E-state index contributed by atoms with van der Waals surface area (Å²) >= 11 is 0. The zero-order valence-corrected chi connectivity index (χ0v) is 16.4. The maximum absolute atomic E-state index is 5.94. The molecule has 0 aromatic rings. The Hall–Kier alpha value is 0.828. The van der Waals surface area contributed by atoms with E-state index in [9.17, 15) is 0 Å². The molecule has 0 saturated heterocycles. The van der Waals surface area contributed by atoms with Gasteiger partial charge in [-0.3, -0.25) is 0 Å². The first-order valence-corrected chi connectivity index (χ1v) is 21.3. The van der Waals surface area contributed by atoms with Crippen LogP contribution in [0.15, 0.2) is 0 Å². The molecule has 0 N–H and O–H groups in total. The van der Waals surface area contributed by atoms with Gasteiger partial charge in [0, 0.05) is 21.8 Å². The molecule has 0 aliphatic rings. The van der Waals surface area contributed by atoms with Crippen LogP contribution in [0.1, 0.15) is 0 Å². The highest BCUT2D eigenvalue weighted by molar-refractivity contribution is 7.82. The summed E-state index contributed by atoms with van der Waals surface area (Å²) in [6.45, 7) is 23.1. The van der Waals surface area contributed by atoms with E-state index in [1.165, 1.54) is 0 Å². The van der Waals surface area contributed by atoms with Gasteiger partial charge in [0.25, 0.3) is 0 Å². The largest absolute Gasteiger partial charge is 0.423 e. The van der Waals surface area contributed by atoms with Gasteiger partial charge in [0.1, 0.15) is 0 Å². The zero-order valence-electron chi connectivity index (χ0n) is 12.4. The van der Waals surface area contributed by atoms with Crippen LogP contribution in [0.5, 0.6) is 0 Å². The second kappa shape index (κ2) is 4.25. The van der Waals surface area contributed by atoms with Gasteiger partial charge < -0.3 is 4.43 Å². The summed E-state index contributed by atoms with van der Waals surface area (Å²) < 4.78 is 5.94. The summed E-state index contributed by atoms with van der Waals surface area (Å²) in [5.74, 6) is 0. The Labute approximate surface area is 100 Å². The van der Waals surface area contributed by atoms with Crippen molar-refractivity contribution in [3.8, 4) is 0 Å². The molecule has 0 bridgehead atoms. The topological polar surface area (TPSA) is 9.23 Å². The van der Waals surface area contributed by atoms with E-state index in [0.29, 0.717) is 0 Å². The Morgan fingerprint density at radius 2 is 0.933 bits per heavy atom. The van der Waals surface area contributed by atoms with Crippen LogP contribution in [0.25, 0.3) is 0 Å². The summed E-state index contributed by atoms with van der Waals surface area (Å²) in [4.78, 5) is 0. The second-order valence-electron chi connectivity index (χ2n) is 7.21. The molecular formula is C10H30OSi4. The average Bonchev–Trinajstić information content (AvgIpc) is 2.01. The Balaban J connectivity index is 5.38. The van der Waals surface area contributed by atoms with E-state index in [1.807, 2.05) is 7.11 Å². The average molecular weight is 279 g/mol. The quantitative estimate of drug-likeness (QED) is 0.710. The van der Waals surface area contributed by atoms with E-state index in [4.69, 9.17) is 4.43 Å². The molecule has 0 aliphatic carbocycles. The SMILES string of the molecule is CO[Si](C)(C)[Si](C)(C)[Si](C)(C)[Si](C)(C)C. The van der Waals surface area contributed by atoms with Crippen molar-refractivity contribution in [1.82, 2.24) is 0 Å². The lowest BCUT2D eigenvalue weighted by Crippen LogP contribution is -2.78. The normalized spacial score (nSPS) is 15.6. The summed E-state index contributed by atoms with van der Waals surface area (Å²) in [5, 5.41) is 0. The molecular weight excluding hydrogens is 248 g/mol. The Morgan fingerprint density at radius 1 is 0.600 bits per heavy atom. The van der Waals surface area contributed by atoms with Gasteiger partial charge in [-0.05, 0) is 13.1 Å². The molecule has 0 radical (unpaired) electrons. The maximum atomic E-state index is 5.94. The fourth-order valence-corrected chi connectivity index (χ4v) is 67.1. The number of hydrogen-bond donors (Lipinski definition) is 0. The van der Waals surface area contributed by atoms with Crippen LogP contribution in [0.4, 0.5) is 0 Å². The van der Waals surface area contributed by atoms with Crippen molar-refractivity contribution >= 4 is 29.6 Å². The molecule has 0 aromatic carbocycles. The molecule has 0 heterocycles. The van der Waals surface area contributed by atoms with E-state index in [2.05, 4.69) is 58.9 Å². The van der Waals surface area contributed by atoms with Gasteiger partial charge >= 0.3 is 0 Å². The van der Waals surface area contributed by atoms with Crippen molar-refractivity contribution in [3.63, 3.8) is 0 Å². The van der Waals surface area contributed by atoms with E-state index < -0.39 is 29.6 Å². The lowest BCUT2D eigenvalue weighted by molar-refractivity contribution is 0.420. The molecule has 0 aliphatic heterocycles. The molecule has 0 aromatic heterocycles. The molecule has 0 fully saturated rings. The maximum Gasteiger partial charge on any atom is 0.170 e. The highest BCUT2D eigenvalue weighted by atomic mass is 29.8. The van der Waals surface area contributed by atoms with E-state index in [0.717, 1.165) is 0 Å². The van der Waals surface area contributed by atoms with E-state index in [-0.39, 0.29) is 0 Å². The van der Waals surface area contributed by atoms with Crippen LogP contribution < -0.4 is 0 Å².